The van der Waals surface area contributed by atoms with Crippen LogP contribution in [-0.2, 0) is 13.0 Å². The minimum absolute atomic E-state index is 0.388. The van der Waals surface area contributed by atoms with Crippen molar-refractivity contribution < 1.29 is 4.74 Å². The van der Waals surface area contributed by atoms with Gasteiger partial charge in [0, 0.05) is 25.6 Å². The van der Waals surface area contributed by atoms with E-state index in [4.69, 9.17) is 4.74 Å². The van der Waals surface area contributed by atoms with Gasteiger partial charge in [-0.15, -0.1) is 0 Å². The summed E-state index contributed by atoms with van der Waals surface area (Å²) in [6.45, 7) is 2.65. The quantitative estimate of drug-likeness (QED) is 0.887. The molecule has 3 nitrogen and oxygen atoms in total. The molecule has 0 radical (unpaired) electrons. The van der Waals surface area contributed by atoms with Crippen LogP contribution in [0.5, 0.6) is 5.75 Å². The SMILES string of the molecule is CN(C)C(CNCc1ccc2c(c1)CCO2)c1ccccc1. The first-order valence-electron chi connectivity index (χ1n) is 7.91. The Kier molecular flexibility index (Phi) is 4.76. The fourth-order valence-corrected chi connectivity index (χ4v) is 2.98. The summed E-state index contributed by atoms with van der Waals surface area (Å²) < 4.78 is 5.56. The van der Waals surface area contributed by atoms with Crippen molar-refractivity contribution in [2.75, 3.05) is 27.2 Å². The minimum Gasteiger partial charge on any atom is -0.493 e. The summed E-state index contributed by atoms with van der Waals surface area (Å²) in [5, 5.41) is 3.59. The molecule has 1 aliphatic rings. The average Bonchev–Trinajstić information content (AvgIpc) is 2.99. The molecule has 0 aromatic heterocycles. The van der Waals surface area contributed by atoms with Gasteiger partial charge in [-0.05, 0) is 36.9 Å². The molecule has 1 N–H and O–H groups in total. The maximum Gasteiger partial charge on any atom is 0.122 e. The zero-order chi connectivity index (χ0) is 15.4. The number of fused-ring (bicyclic) bond motifs is 1. The van der Waals surface area contributed by atoms with Gasteiger partial charge < -0.3 is 15.0 Å². The monoisotopic (exact) mass is 296 g/mol. The smallest absolute Gasteiger partial charge is 0.122 e. The predicted molar refractivity (Wildman–Crippen MR) is 90.2 cm³/mol. The number of likely N-dealkylation sites (N-methyl/N-ethyl adjacent to an activating group) is 1. The van der Waals surface area contributed by atoms with Crippen LogP contribution in [0.1, 0.15) is 22.7 Å². The van der Waals surface area contributed by atoms with Crippen molar-refractivity contribution in [3.8, 4) is 5.75 Å². The van der Waals surface area contributed by atoms with Crippen LogP contribution in [0.3, 0.4) is 0 Å². The normalized spacial score (nSPS) is 14.7. The Morgan fingerprint density at radius 2 is 1.95 bits per heavy atom. The molecule has 2 aromatic rings. The number of ether oxygens (including phenoxy) is 1. The molecular formula is C19H24N2O. The van der Waals surface area contributed by atoms with Gasteiger partial charge in [-0.3, -0.25) is 0 Å². The Morgan fingerprint density at radius 1 is 1.14 bits per heavy atom. The van der Waals surface area contributed by atoms with Crippen LogP contribution in [0.4, 0.5) is 0 Å². The summed E-state index contributed by atoms with van der Waals surface area (Å²) in [5.74, 6) is 1.05. The topological polar surface area (TPSA) is 24.5 Å². The largest absolute Gasteiger partial charge is 0.493 e. The molecular weight excluding hydrogens is 272 g/mol. The second-order valence-corrected chi connectivity index (χ2v) is 6.06. The Labute approximate surface area is 132 Å². The third kappa shape index (κ3) is 3.49. The summed E-state index contributed by atoms with van der Waals surface area (Å²) in [7, 11) is 4.26. The summed E-state index contributed by atoms with van der Waals surface area (Å²) in [6, 6.07) is 17.6. The lowest BCUT2D eigenvalue weighted by atomic mass is 10.1. The second kappa shape index (κ2) is 6.95. The standard InChI is InChI=1S/C19H24N2O/c1-21(2)18(16-6-4-3-5-7-16)14-20-13-15-8-9-19-17(12-15)10-11-22-19/h3-9,12,18,20H,10-11,13-14H2,1-2H3. The summed E-state index contributed by atoms with van der Waals surface area (Å²) in [5.41, 5.74) is 4.02. The zero-order valence-electron chi connectivity index (χ0n) is 13.4. The van der Waals surface area contributed by atoms with Crippen molar-refractivity contribution in [1.82, 2.24) is 10.2 Å². The molecule has 3 heteroatoms. The van der Waals surface area contributed by atoms with Gasteiger partial charge in [-0.2, -0.15) is 0 Å². The van der Waals surface area contributed by atoms with E-state index in [2.05, 4.69) is 72.8 Å². The van der Waals surface area contributed by atoms with E-state index in [1.54, 1.807) is 0 Å². The average molecular weight is 296 g/mol. The lowest BCUT2D eigenvalue weighted by Gasteiger charge is -2.25. The van der Waals surface area contributed by atoms with Crippen molar-refractivity contribution in [2.24, 2.45) is 0 Å². The van der Waals surface area contributed by atoms with E-state index in [0.29, 0.717) is 6.04 Å². The molecule has 0 saturated carbocycles. The van der Waals surface area contributed by atoms with Crippen LogP contribution in [0.25, 0.3) is 0 Å². The second-order valence-electron chi connectivity index (χ2n) is 6.06. The molecule has 0 fully saturated rings. The Hall–Kier alpha value is -1.84. The Bertz CT molecular complexity index is 610. The highest BCUT2D eigenvalue weighted by molar-refractivity contribution is 5.39. The van der Waals surface area contributed by atoms with Gasteiger partial charge in [0.2, 0.25) is 0 Å². The van der Waals surface area contributed by atoms with Crippen LogP contribution >= 0.6 is 0 Å². The highest BCUT2D eigenvalue weighted by Gasteiger charge is 2.14. The molecule has 1 heterocycles. The highest BCUT2D eigenvalue weighted by Crippen LogP contribution is 2.26. The van der Waals surface area contributed by atoms with E-state index in [1.807, 2.05) is 0 Å². The number of hydrogen-bond acceptors (Lipinski definition) is 3. The molecule has 2 aromatic carbocycles. The lowest BCUT2D eigenvalue weighted by Crippen LogP contribution is -2.30. The van der Waals surface area contributed by atoms with E-state index < -0.39 is 0 Å². The van der Waals surface area contributed by atoms with Gasteiger partial charge in [0.1, 0.15) is 5.75 Å². The Morgan fingerprint density at radius 3 is 2.73 bits per heavy atom. The Balaban J connectivity index is 1.59. The van der Waals surface area contributed by atoms with E-state index in [1.165, 1.54) is 16.7 Å². The predicted octanol–water partition coefficient (Wildman–Crippen LogP) is 3.01. The number of nitrogens with zero attached hydrogens (tertiary/aromatic N) is 1. The third-order valence-electron chi connectivity index (χ3n) is 4.23. The van der Waals surface area contributed by atoms with Gasteiger partial charge in [-0.25, -0.2) is 0 Å². The third-order valence-corrected chi connectivity index (χ3v) is 4.23. The molecule has 1 unspecified atom stereocenters. The minimum atomic E-state index is 0.388. The molecule has 0 amide bonds. The number of rotatable bonds is 6. The molecule has 0 bridgehead atoms. The molecule has 116 valence electrons. The lowest BCUT2D eigenvalue weighted by molar-refractivity contribution is 0.288. The van der Waals surface area contributed by atoms with Crippen LogP contribution in [-0.4, -0.2) is 32.1 Å². The van der Waals surface area contributed by atoms with Crippen molar-refractivity contribution >= 4 is 0 Å². The van der Waals surface area contributed by atoms with Gasteiger partial charge in [0.15, 0.2) is 0 Å². The molecule has 1 atom stereocenters. The first kappa shape index (κ1) is 15.1. The van der Waals surface area contributed by atoms with E-state index in [0.717, 1.165) is 31.9 Å². The first-order valence-corrected chi connectivity index (χ1v) is 7.91. The first-order chi connectivity index (χ1) is 10.7. The van der Waals surface area contributed by atoms with Gasteiger partial charge >= 0.3 is 0 Å². The van der Waals surface area contributed by atoms with Crippen molar-refractivity contribution in [3.05, 3.63) is 65.2 Å². The molecule has 22 heavy (non-hydrogen) atoms. The van der Waals surface area contributed by atoms with E-state index in [9.17, 15) is 0 Å². The van der Waals surface area contributed by atoms with Crippen molar-refractivity contribution in [2.45, 2.75) is 19.0 Å². The van der Waals surface area contributed by atoms with Crippen LogP contribution < -0.4 is 10.1 Å². The van der Waals surface area contributed by atoms with Gasteiger partial charge in [0.25, 0.3) is 0 Å². The fourth-order valence-electron chi connectivity index (χ4n) is 2.98. The fraction of sp³-hybridized carbons (Fsp3) is 0.368. The van der Waals surface area contributed by atoms with Gasteiger partial charge in [0.05, 0.1) is 6.61 Å². The maximum atomic E-state index is 5.56. The molecule has 0 spiro atoms. The highest BCUT2D eigenvalue weighted by atomic mass is 16.5. The molecule has 0 aliphatic carbocycles. The summed E-state index contributed by atoms with van der Waals surface area (Å²) >= 11 is 0. The van der Waals surface area contributed by atoms with Crippen LogP contribution in [0, 0.1) is 0 Å². The maximum absolute atomic E-state index is 5.56. The molecule has 0 saturated heterocycles. The number of hydrogen-bond donors (Lipinski definition) is 1. The molecule has 1 aliphatic heterocycles. The van der Waals surface area contributed by atoms with Crippen LogP contribution in [0.2, 0.25) is 0 Å². The summed E-state index contributed by atoms with van der Waals surface area (Å²) in [4.78, 5) is 2.26. The number of nitrogens with one attached hydrogen (secondary N) is 1. The zero-order valence-corrected chi connectivity index (χ0v) is 13.4. The van der Waals surface area contributed by atoms with E-state index >= 15 is 0 Å². The van der Waals surface area contributed by atoms with Crippen molar-refractivity contribution in [1.29, 1.82) is 0 Å². The van der Waals surface area contributed by atoms with Gasteiger partial charge in [-0.1, -0.05) is 42.5 Å². The summed E-state index contributed by atoms with van der Waals surface area (Å²) in [6.07, 6.45) is 1.04. The molecule has 3 rings (SSSR count). The van der Waals surface area contributed by atoms with E-state index in [-0.39, 0.29) is 0 Å². The van der Waals surface area contributed by atoms with Crippen molar-refractivity contribution in [3.63, 3.8) is 0 Å². The number of benzene rings is 2. The van der Waals surface area contributed by atoms with Crippen LogP contribution in [0.15, 0.2) is 48.5 Å².